The lowest BCUT2D eigenvalue weighted by atomic mass is 9.82. The van der Waals surface area contributed by atoms with Crippen molar-refractivity contribution in [2.24, 2.45) is 6.98 Å². The fourth-order valence-electron chi connectivity index (χ4n) is 2.16. The molecule has 2 fully saturated rings. The van der Waals surface area contributed by atoms with Crippen molar-refractivity contribution >= 4 is 16.8 Å². The summed E-state index contributed by atoms with van der Waals surface area (Å²) in [4.78, 5) is 13.7. The maximum Gasteiger partial charge on any atom is 0.272 e. The minimum Gasteiger partial charge on any atom is -0.348 e. The Kier molecular flexibility index (Phi) is 1.08. The summed E-state index contributed by atoms with van der Waals surface area (Å²) in [6, 6.07) is -15.4. The quantitative estimate of drug-likeness (QED) is 0.918. The second kappa shape index (κ2) is 5.64. The number of para-hydroxylation sites is 1. The molecule has 0 saturated carbocycles. The van der Waals surface area contributed by atoms with Crippen LogP contribution in [0.3, 0.4) is 0 Å². The van der Waals surface area contributed by atoms with E-state index in [4.69, 9.17) is 27.4 Å². The van der Waals surface area contributed by atoms with Gasteiger partial charge in [0.1, 0.15) is 0 Å². The number of benzene rings is 1. The summed E-state index contributed by atoms with van der Waals surface area (Å²) in [6.45, 7) is -3.27. The van der Waals surface area contributed by atoms with Gasteiger partial charge in [0.25, 0.3) is 5.91 Å². The van der Waals surface area contributed by atoms with E-state index in [9.17, 15) is 4.79 Å². The molecule has 2 bridgehead atoms. The van der Waals surface area contributed by atoms with E-state index in [1.807, 2.05) is 0 Å². The molecule has 0 unspecified atom stereocenters. The van der Waals surface area contributed by atoms with Crippen LogP contribution in [0.1, 0.15) is 69.8 Å². The summed E-state index contributed by atoms with van der Waals surface area (Å²) in [5, 5.41) is 4.30. The van der Waals surface area contributed by atoms with Gasteiger partial charge in [-0.05, 0) is 38.6 Å². The number of hydrogen-bond donors (Lipinski definition) is 1. The monoisotopic (exact) mass is 332 g/mol. The Hall–Kier alpha value is -1.88. The fraction of sp³-hybridized carbons (Fsp3) is 0.556. The van der Waals surface area contributed by atoms with Crippen molar-refractivity contribution < 1.29 is 32.2 Å². The van der Waals surface area contributed by atoms with Gasteiger partial charge in [0.2, 0.25) is 0 Å². The molecule has 5 heteroatoms. The number of nitrogens with one attached hydrogen (secondary N) is 1. The Balaban J connectivity index is 2.06. The predicted molar refractivity (Wildman–Crippen MR) is 90.4 cm³/mol. The van der Waals surface area contributed by atoms with Crippen LogP contribution in [0.2, 0.25) is 0 Å². The average molecular weight is 333 g/mol. The summed E-state index contributed by atoms with van der Waals surface area (Å²) in [5.41, 5.74) is -1.98. The van der Waals surface area contributed by atoms with Crippen LogP contribution in [0.15, 0.2) is 24.2 Å². The zero-order valence-corrected chi connectivity index (χ0v) is 11.7. The number of nitrogens with zero attached hydrogens (tertiary/aromatic N) is 3. The molecule has 2 saturated heterocycles. The molecule has 2 aliphatic rings. The highest BCUT2D eigenvalue weighted by molar-refractivity contribution is 6.04. The first kappa shape index (κ1) is 4.39. The second-order valence-electron chi connectivity index (χ2n) is 4.69. The molecule has 1 N–H and O–H groups in total. The maximum atomic E-state index is 13.7. The molecule has 122 valence electrons. The molecule has 23 heavy (non-hydrogen) atoms. The van der Waals surface area contributed by atoms with Crippen molar-refractivity contribution in [2.45, 2.75) is 49.9 Å². The summed E-state index contributed by atoms with van der Waals surface area (Å²) in [6.07, 6.45) is -19.8. The molecule has 0 spiro atoms. The van der Waals surface area contributed by atoms with Gasteiger partial charge in [0.15, 0.2) is 5.69 Å². The first-order chi connectivity index (χ1) is 18.9. The summed E-state index contributed by atoms with van der Waals surface area (Å²) in [7, 11) is 0.615. The SMILES string of the molecule is [2H]c1c([2H])c([2H])c2c(c(C(=O)NC3([2H])C([2H])([2H])[C@]4([2H])N(C)[C@]([2H])(C([2H])([2H])C([2H])([2H])C4([2H])[2H])C3([2H])[2H])nn2C([2H])([2H])[2H])c1[2H]. The lowest BCUT2D eigenvalue weighted by Crippen LogP contribution is -2.55. The van der Waals surface area contributed by atoms with Crippen molar-refractivity contribution in [1.29, 1.82) is 0 Å². The molecule has 0 radical (unpaired) electrons. The molecule has 1 aromatic heterocycles. The zero-order valence-electron chi connectivity index (χ0n) is 31.7. The van der Waals surface area contributed by atoms with Gasteiger partial charge in [-0.1, -0.05) is 24.5 Å². The smallest absolute Gasteiger partial charge is 0.272 e. The fourth-order valence-corrected chi connectivity index (χ4v) is 2.16. The van der Waals surface area contributed by atoms with Crippen LogP contribution >= 0.6 is 0 Å². The van der Waals surface area contributed by atoms with E-state index in [0.29, 0.717) is 7.05 Å². The van der Waals surface area contributed by atoms with E-state index in [-0.39, 0.29) is 9.58 Å². The van der Waals surface area contributed by atoms with Crippen molar-refractivity contribution in [3.8, 4) is 0 Å². The van der Waals surface area contributed by atoms with E-state index < -0.39 is 104 Å². The molecule has 2 aromatic rings. The number of aryl methyl sites for hydroxylation is 1. The van der Waals surface area contributed by atoms with Crippen molar-refractivity contribution in [2.75, 3.05) is 7.05 Å². The third-order valence-corrected chi connectivity index (χ3v) is 3.29. The third-order valence-electron chi connectivity index (χ3n) is 3.29. The van der Waals surface area contributed by atoms with Crippen LogP contribution in [0.4, 0.5) is 0 Å². The van der Waals surface area contributed by atoms with Crippen LogP contribution < -0.4 is 5.32 Å². The van der Waals surface area contributed by atoms with Crippen molar-refractivity contribution in [1.82, 2.24) is 20.0 Å². The molecule has 3 heterocycles. The van der Waals surface area contributed by atoms with Gasteiger partial charge in [-0.25, -0.2) is 0 Å². The number of amides is 1. The first-order valence-corrected chi connectivity index (χ1v) is 6.47. The van der Waals surface area contributed by atoms with Crippen LogP contribution in [-0.2, 0) is 6.98 Å². The average Bonchev–Trinajstić information content (AvgIpc) is 3.29. The summed E-state index contributed by atoms with van der Waals surface area (Å²) < 4.78 is 167. The normalized spacial score (nSPS) is 61.8. The Morgan fingerprint density at radius 2 is 2.17 bits per heavy atom. The first-order valence-electron chi connectivity index (χ1n) is 16.5. The largest absolute Gasteiger partial charge is 0.348 e. The zero-order chi connectivity index (χ0) is 33.7. The van der Waals surface area contributed by atoms with Crippen LogP contribution in [0.5, 0.6) is 0 Å². The second-order valence-corrected chi connectivity index (χ2v) is 4.69. The minimum absolute atomic E-state index is 0.00937. The van der Waals surface area contributed by atoms with Crippen molar-refractivity contribution in [3.63, 3.8) is 0 Å². The van der Waals surface area contributed by atoms with Gasteiger partial charge >= 0.3 is 0 Å². The van der Waals surface area contributed by atoms with E-state index in [2.05, 4.69) is 5.10 Å². The topological polar surface area (TPSA) is 50.2 Å². The van der Waals surface area contributed by atoms with E-state index in [0.717, 1.165) is 0 Å². The number of rotatable bonds is 2. The van der Waals surface area contributed by atoms with Gasteiger partial charge in [-0.2, -0.15) is 5.10 Å². The molecule has 1 amide bonds. The van der Waals surface area contributed by atoms with E-state index in [1.54, 1.807) is 5.32 Å². The lowest BCUT2D eigenvalue weighted by molar-refractivity contribution is 0.0462. The Morgan fingerprint density at radius 1 is 1.43 bits per heavy atom. The minimum atomic E-state index is -4.03. The molecular weight excluding hydrogens is 288 g/mol. The highest BCUT2D eigenvalue weighted by Crippen LogP contribution is 2.32. The van der Waals surface area contributed by atoms with E-state index >= 15 is 0 Å². The Bertz CT molecular complexity index is 1520. The Morgan fingerprint density at radius 3 is 2.91 bits per heavy atom. The summed E-state index contributed by atoms with van der Waals surface area (Å²) in [5.74, 6) is -1.85. The molecule has 1 aromatic carbocycles. The van der Waals surface area contributed by atoms with Crippen LogP contribution in [0, 0.1) is 0 Å². The number of carbonyl (C=O) groups is 1. The highest BCUT2D eigenvalue weighted by Gasteiger charge is 2.36. The maximum absolute atomic E-state index is 13.7. The molecule has 4 rings (SSSR count). The van der Waals surface area contributed by atoms with Gasteiger partial charge in [-0.3, -0.25) is 9.48 Å². The molecule has 5 nitrogen and oxygen atoms in total. The number of fused-ring (bicyclic) bond motifs is 3. The number of piperidine rings is 2. The lowest BCUT2D eigenvalue weighted by Gasteiger charge is -2.47. The third kappa shape index (κ3) is 2.53. The van der Waals surface area contributed by atoms with Gasteiger partial charge in [0, 0.05) is 51.0 Å². The molecule has 2 atom stereocenters. The van der Waals surface area contributed by atoms with Gasteiger partial charge in [-0.15, -0.1) is 0 Å². The predicted octanol–water partition coefficient (Wildman–Crippen LogP) is 2.32. The molecule has 2 aliphatic heterocycles. The Labute approximate surface area is 164 Å². The van der Waals surface area contributed by atoms with Crippen LogP contribution in [0.25, 0.3) is 10.9 Å². The summed E-state index contributed by atoms with van der Waals surface area (Å²) >= 11 is 0. The van der Waals surface area contributed by atoms with Gasteiger partial charge in [0.05, 0.1) is 12.4 Å². The number of aromatic nitrogens is 2. The van der Waals surface area contributed by atoms with Gasteiger partial charge < -0.3 is 10.2 Å². The van der Waals surface area contributed by atoms with Crippen molar-refractivity contribution in [3.05, 3.63) is 29.9 Å². The highest BCUT2D eigenvalue weighted by atomic mass is 16.2. The number of hydrogen-bond acceptors (Lipinski definition) is 3. The molecule has 0 aliphatic carbocycles. The van der Waals surface area contributed by atoms with Crippen LogP contribution in [-0.4, -0.2) is 45.7 Å². The standard InChI is InChI=1S/C18H24N4O/c1-21-13-6-5-7-14(21)11-12(10-13)19-18(23)17-15-8-3-4-9-16(15)22(2)20-17/h3-4,8-9,12-14H,5-7,10-11H2,1-2H3,(H,19,23)/t13-,14-/m1/s1/i2D3,3D,4D,5D2,6D2,7D2,8D,9D,10D2,11D2,12D,13D,14D. The molecular formula is C18H24N4O. The number of carbonyl (C=O) groups excluding carboxylic acids is 1. The van der Waals surface area contributed by atoms with E-state index in [1.165, 1.54) is 0 Å².